The Labute approximate surface area is 140 Å². The molecule has 3 rings (SSSR count). The third kappa shape index (κ3) is 3.04. The standard InChI is InChI=1S/C15H12N4O6/c20-12(21)5-7-18(15(24)25-17-8-6-16-9-17)19-13(22)10-3-1-2-4-11(10)14(19)23/h1-4,6,8-9H,5,7H2,(H,20,21). The number of hydrazine groups is 1. The molecule has 0 radical (unpaired) electrons. The number of hydrogen-bond acceptors (Lipinski definition) is 6. The molecule has 1 aromatic carbocycles. The third-order valence-electron chi connectivity index (χ3n) is 3.43. The molecule has 128 valence electrons. The number of aliphatic carboxylic acids is 1. The van der Waals surface area contributed by atoms with Gasteiger partial charge in [0.2, 0.25) is 0 Å². The highest BCUT2D eigenvalue weighted by atomic mass is 16.7. The topological polar surface area (TPSA) is 122 Å². The molecule has 0 saturated heterocycles. The average Bonchev–Trinajstić information content (AvgIpc) is 3.17. The molecule has 10 heteroatoms. The Morgan fingerprint density at radius 1 is 1.16 bits per heavy atom. The second-order valence-corrected chi connectivity index (χ2v) is 5.01. The van der Waals surface area contributed by atoms with E-state index in [0.29, 0.717) is 10.0 Å². The number of hydrogen-bond donors (Lipinski definition) is 1. The van der Waals surface area contributed by atoms with Gasteiger partial charge in [-0.25, -0.2) is 14.8 Å². The van der Waals surface area contributed by atoms with Crippen LogP contribution in [0.5, 0.6) is 0 Å². The summed E-state index contributed by atoms with van der Waals surface area (Å²) in [5, 5.41) is 10.1. The molecule has 1 aromatic heterocycles. The van der Waals surface area contributed by atoms with Crippen molar-refractivity contribution in [3.8, 4) is 0 Å². The minimum atomic E-state index is -1.20. The van der Waals surface area contributed by atoms with E-state index < -0.39 is 36.8 Å². The molecular weight excluding hydrogens is 332 g/mol. The van der Waals surface area contributed by atoms with E-state index in [-0.39, 0.29) is 11.1 Å². The smallest absolute Gasteiger partial charge is 0.454 e. The Hall–Kier alpha value is -3.69. The Bertz CT molecular complexity index is 812. The zero-order valence-electron chi connectivity index (χ0n) is 12.7. The van der Waals surface area contributed by atoms with E-state index in [1.807, 2.05) is 0 Å². The van der Waals surface area contributed by atoms with E-state index in [0.717, 1.165) is 4.73 Å². The molecule has 3 amide bonds. The van der Waals surface area contributed by atoms with Crippen LogP contribution in [0.4, 0.5) is 4.79 Å². The van der Waals surface area contributed by atoms with Crippen LogP contribution in [-0.4, -0.2) is 55.3 Å². The number of carboxylic acids is 1. The van der Waals surface area contributed by atoms with Gasteiger partial charge < -0.3 is 9.94 Å². The zero-order chi connectivity index (χ0) is 18.0. The molecule has 25 heavy (non-hydrogen) atoms. The van der Waals surface area contributed by atoms with Crippen molar-refractivity contribution in [2.45, 2.75) is 6.42 Å². The predicted octanol–water partition coefficient (Wildman–Crippen LogP) is 0.420. The molecule has 0 saturated carbocycles. The maximum atomic E-state index is 12.5. The van der Waals surface area contributed by atoms with Gasteiger partial charge in [0.05, 0.1) is 30.3 Å². The van der Waals surface area contributed by atoms with Crippen molar-refractivity contribution in [2.24, 2.45) is 0 Å². The largest absolute Gasteiger partial charge is 0.481 e. The van der Waals surface area contributed by atoms with Crippen LogP contribution in [0.25, 0.3) is 0 Å². The third-order valence-corrected chi connectivity index (χ3v) is 3.43. The summed E-state index contributed by atoms with van der Waals surface area (Å²) in [4.78, 5) is 56.9. The van der Waals surface area contributed by atoms with Gasteiger partial charge in [-0.1, -0.05) is 12.1 Å². The van der Waals surface area contributed by atoms with Crippen molar-refractivity contribution in [3.63, 3.8) is 0 Å². The van der Waals surface area contributed by atoms with Crippen LogP contribution >= 0.6 is 0 Å². The number of amides is 3. The predicted molar refractivity (Wildman–Crippen MR) is 80.1 cm³/mol. The number of aromatic nitrogens is 2. The fourth-order valence-electron chi connectivity index (χ4n) is 2.31. The molecule has 0 atom stereocenters. The van der Waals surface area contributed by atoms with Gasteiger partial charge in [-0.15, -0.1) is 0 Å². The number of benzene rings is 1. The molecule has 1 N–H and O–H groups in total. The number of carbonyl (C=O) groups excluding carboxylic acids is 3. The van der Waals surface area contributed by atoms with Crippen molar-refractivity contribution in [2.75, 3.05) is 6.54 Å². The highest BCUT2D eigenvalue weighted by Crippen LogP contribution is 2.24. The first-order valence-corrected chi connectivity index (χ1v) is 7.16. The minimum Gasteiger partial charge on any atom is -0.481 e. The number of imide groups is 1. The van der Waals surface area contributed by atoms with Gasteiger partial charge in [0.25, 0.3) is 11.8 Å². The Kier molecular flexibility index (Phi) is 4.16. The van der Waals surface area contributed by atoms with Gasteiger partial charge in [-0.2, -0.15) is 9.74 Å². The van der Waals surface area contributed by atoms with E-state index in [9.17, 15) is 19.2 Å². The van der Waals surface area contributed by atoms with Crippen LogP contribution in [0.1, 0.15) is 27.1 Å². The van der Waals surface area contributed by atoms with E-state index in [1.54, 1.807) is 12.1 Å². The number of nitrogens with zero attached hydrogens (tertiary/aromatic N) is 4. The number of imidazole rings is 1. The van der Waals surface area contributed by atoms with Crippen molar-refractivity contribution >= 4 is 23.9 Å². The summed E-state index contributed by atoms with van der Waals surface area (Å²) in [7, 11) is 0. The molecule has 0 spiro atoms. The Balaban J connectivity index is 1.89. The lowest BCUT2D eigenvalue weighted by atomic mass is 10.1. The molecule has 10 nitrogen and oxygen atoms in total. The summed E-state index contributed by atoms with van der Waals surface area (Å²) < 4.78 is 0.967. The number of rotatable bonds is 5. The lowest BCUT2D eigenvalue weighted by Gasteiger charge is -2.28. The summed E-state index contributed by atoms with van der Waals surface area (Å²) in [6.07, 6.45) is 2.31. The molecule has 1 aliphatic rings. The van der Waals surface area contributed by atoms with Gasteiger partial charge in [0.1, 0.15) is 6.33 Å². The van der Waals surface area contributed by atoms with Crippen molar-refractivity contribution in [1.29, 1.82) is 0 Å². The summed E-state index contributed by atoms with van der Waals surface area (Å²) in [5.41, 5.74) is 0.256. The van der Waals surface area contributed by atoms with Gasteiger partial charge >= 0.3 is 12.1 Å². The van der Waals surface area contributed by atoms with Crippen LogP contribution < -0.4 is 4.84 Å². The lowest BCUT2D eigenvalue weighted by Crippen LogP contribution is -2.52. The second-order valence-electron chi connectivity index (χ2n) is 5.01. The lowest BCUT2D eigenvalue weighted by molar-refractivity contribution is -0.137. The second kappa shape index (κ2) is 6.43. The highest BCUT2D eigenvalue weighted by Gasteiger charge is 2.42. The highest BCUT2D eigenvalue weighted by molar-refractivity contribution is 6.21. The first-order valence-electron chi connectivity index (χ1n) is 7.16. The maximum Gasteiger partial charge on any atom is 0.454 e. The summed E-state index contributed by atoms with van der Waals surface area (Å²) >= 11 is 0. The fourth-order valence-corrected chi connectivity index (χ4v) is 2.31. The quantitative estimate of drug-likeness (QED) is 0.780. The summed E-state index contributed by atoms with van der Waals surface area (Å²) in [5.74, 6) is -2.65. The van der Waals surface area contributed by atoms with Gasteiger partial charge in [-0.3, -0.25) is 14.4 Å². The van der Waals surface area contributed by atoms with E-state index in [2.05, 4.69) is 4.98 Å². The molecule has 0 unspecified atom stereocenters. The average molecular weight is 344 g/mol. The normalized spacial score (nSPS) is 12.9. The van der Waals surface area contributed by atoms with Crippen LogP contribution in [0.3, 0.4) is 0 Å². The van der Waals surface area contributed by atoms with Gasteiger partial charge in [-0.05, 0) is 12.1 Å². The van der Waals surface area contributed by atoms with E-state index >= 15 is 0 Å². The van der Waals surface area contributed by atoms with Crippen molar-refractivity contribution in [3.05, 3.63) is 54.1 Å². The van der Waals surface area contributed by atoms with Crippen LogP contribution in [0, 0.1) is 0 Å². The number of carbonyl (C=O) groups is 4. The molecule has 1 aliphatic heterocycles. The van der Waals surface area contributed by atoms with Gasteiger partial charge in [0, 0.05) is 6.20 Å². The van der Waals surface area contributed by atoms with Crippen LogP contribution in [-0.2, 0) is 4.79 Å². The molecule has 0 aliphatic carbocycles. The monoisotopic (exact) mass is 344 g/mol. The Morgan fingerprint density at radius 3 is 2.32 bits per heavy atom. The molecule has 0 bridgehead atoms. The first kappa shape index (κ1) is 16.2. The summed E-state index contributed by atoms with van der Waals surface area (Å²) in [6.45, 7) is -0.422. The number of carboxylic acid groups (broad SMARTS) is 1. The summed E-state index contributed by atoms with van der Waals surface area (Å²) in [6, 6.07) is 6.07. The minimum absolute atomic E-state index is 0.128. The van der Waals surface area contributed by atoms with Crippen LogP contribution in [0.2, 0.25) is 0 Å². The fraction of sp³-hybridized carbons (Fsp3) is 0.133. The maximum absolute atomic E-state index is 12.5. The molecule has 2 heterocycles. The molecule has 2 aromatic rings. The molecular formula is C15H12N4O6. The van der Waals surface area contributed by atoms with Crippen molar-refractivity contribution in [1.82, 2.24) is 19.7 Å². The first-order chi connectivity index (χ1) is 12.0. The van der Waals surface area contributed by atoms with E-state index in [1.165, 1.54) is 30.9 Å². The van der Waals surface area contributed by atoms with E-state index in [4.69, 9.17) is 9.94 Å². The Morgan fingerprint density at radius 2 is 1.80 bits per heavy atom. The zero-order valence-corrected chi connectivity index (χ0v) is 12.7. The molecule has 0 fully saturated rings. The van der Waals surface area contributed by atoms with Crippen molar-refractivity contribution < 1.29 is 29.1 Å². The van der Waals surface area contributed by atoms with Gasteiger partial charge in [0.15, 0.2) is 0 Å². The SMILES string of the molecule is O=C(O)CCN(C(=O)On1ccnc1)N1C(=O)c2ccccc2C1=O. The number of fused-ring (bicyclic) bond motifs is 1. The van der Waals surface area contributed by atoms with Crippen LogP contribution in [0.15, 0.2) is 43.0 Å².